The van der Waals surface area contributed by atoms with Gasteiger partial charge in [0.05, 0.1) is 0 Å². The van der Waals surface area contributed by atoms with Gasteiger partial charge in [0.15, 0.2) is 0 Å². The number of hydrogen-bond donors (Lipinski definition) is 1. The van der Waals surface area contributed by atoms with Crippen molar-refractivity contribution >= 4 is 38.9 Å². The first-order valence-corrected chi connectivity index (χ1v) is 8.54. The van der Waals surface area contributed by atoms with Crippen LogP contribution in [0, 0.1) is 5.92 Å². The van der Waals surface area contributed by atoms with Crippen LogP contribution in [0.5, 0.6) is 0 Å². The highest BCUT2D eigenvalue weighted by Crippen LogP contribution is 2.32. The van der Waals surface area contributed by atoms with Gasteiger partial charge < -0.3 is 5.32 Å². The Morgan fingerprint density at radius 3 is 2.78 bits per heavy atom. The third-order valence-electron chi connectivity index (χ3n) is 3.50. The Balaban J connectivity index is 1.88. The number of piperidine rings is 1. The van der Waals surface area contributed by atoms with E-state index in [0.29, 0.717) is 0 Å². The maximum absolute atomic E-state index is 6.09. The summed E-state index contributed by atoms with van der Waals surface area (Å²) in [4.78, 5) is 3.88. The van der Waals surface area contributed by atoms with Crippen molar-refractivity contribution in [3.8, 4) is 0 Å². The summed E-state index contributed by atoms with van der Waals surface area (Å²) < 4.78 is 1.89. The van der Waals surface area contributed by atoms with E-state index in [1.165, 1.54) is 37.4 Å². The van der Waals surface area contributed by atoms with E-state index in [9.17, 15) is 0 Å². The first kappa shape index (κ1) is 14.8. The van der Waals surface area contributed by atoms with Gasteiger partial charge in [-0.05, 0) is 60.4 Å². The molecule has 0 atom stereocenters. The number of thiophene rings is 1. The fraction of sp³-hybridized carbons (Fsp3) is 0.692. The Kier molecular flexibility index (Phi) is 5.96. The first-order chi connectivity index (χ1) is 8.69. The molecule has 0 aromatic carbocycles. The van der Waals surface area contributed by atoms with Gasteiger partial charge in [-0.1, -0.05) is 18.5 Å². The molecular weight excluding hydrogens is 332 g/mol. The molecule has 2 nitrogen and oxygen atoms in total. The summed E-state index contributed by atoms with van der Waals surface area (Å²) in [6, 6.07) is 2.15. The van der Waals surface area contributed by atoms with E-state index in [2.05, 4.69) is 39.1 Å². The van der Waals surface area contributed by atoms with Crippen LogP contribution in [0.15, 0.2) is 10.5 Å². The largest absolute Gasteiger partial charge is 0.317 e. The predicted molar refractivity (Wildman–Crippen MR) is 83.6 cm³/mol. The van der Waals surface area contributed by atoms with Crippen molar-refractivity contribution < 1.29 is 0 Å². The molecule has 0 radical (unpaired) electrons. The van der Waals surface area contributed by atoms with Crippen LogP contribution in [0.2, 0.25) is 4.34 Å². The maximum atomic E-state index is 6.09. The molecule has 2 heterocycles. The second-order valence-corrected chi connectivity index (χ2v) is 7.45. The highest BCUT2D eigenvalue weighted by molar-refractivity contribution is 9.10. The Morgan fingerprint density at radius 1 is 1.50 bits per heavy atom. The van der Waals surface area contributed by atoms with Gasteiger partial charge in [-0.15, -0.1) is 11.3 Å². The van der Waals surface area contributed by atoms with Crippen molar-refractivity contribution in [3.05, 3.63) is 19.8 Å². The molecule has 1 aliphatic heterocycles. The van der Waals surface area contributed by atoms with Crippen molar-refractivity contribution in [2.45, 2.75) is 26.3 Å². The Labute approximate surface area is 127 Å². The van der Waals surface area contributed by atoms with Crippen molar-refractivity contribution in [1.82, 2.24) is 10.2 Å². The molecule has 1 aliphatic rings. The molecule has 0 spiro atoms. The summed E-state index contributed by atoms with van der Waals surface area (Å²) in [7, 11) is 0. The topological polar surface area (TPSA) is 15.3 Å². The van der Waals surface area contributed by atoms with Crippen LogP contribution >= 0.6 is 38.9 Å². The van der Waals surface area contributed by atoms with Gasteiger partial charge in [0, 0.05) is 22.4 Å². The lowest BCUT2D eigenvalue weighted by molar-refractivity contribution is 0.208. The van der Waals surface area contributed by atoms with Crippen molar-refractivity contribution in [2.24, 2.45) is 5.92 Å². The van der Waals surface area contributed by atoms with Crippen LogP contribution in [-0.4, -0.2) is 31.1 Å². The fourth-order valence-electron chi connectivity index (χ4n) is 2.42. The second-order valence-electron chi connectivity index (χ2n) is 4.86. The fourth-order valence-corrected chi connectivity index (χ4v) is 4.26. The standard InChI is InChI=1S/C13H20BrClN2S/c1-2-17(8-10-3-5-16-6-4-10)9-11-7-12(14)13(15)18-11/h7,10,16H,2-6,8-9H2,1H3. The van der Waals surface area contributed by atoms with E-state index in [0.717, 1.165) is 27.8 Å². The van der Waals surface area contributed by atoms with Gasteiger partial charge in [0.2, 0.25) is 0 Å². The number of nitrogens with zero attached hydrogens (tertiary/aromatic N) is 1. The van der Waals surface area contributed by atoms with Crippen molar-refractivity contribution in [3.63, 3.8) is 0 Å². The molecule has 0 saturated carbocycles. The monoisotopic (exact) mass is 350 g/mol. The predicted octanol–water partition coefficient (Wildman–Crippen LogP) is 3.99. The molecule has 0 unspecified atom stereocenters. The van der Waals surface area contributed by atoms with E-state index < -0.39 is 0 Å². The second kappa shape index (κ2) is 7.25. The number of nitrogens with one attached hydrogen (secondary N) is 1. The highest BCUT2D eigenvalue weighted by atomic mass is 79.9. The summed E-state index contributed by atoms with van der Waals surface area (Å²) in [5, 5.41) is 3.43. The Bertz CT molecular complexity index is 358. The van der Waals surface area contributed by atoms with Gasteiger partial charge in [0.1, 0.15) is 4.34 Å². The zero-order chi connectivity index (χ0) is 13.0. The van der Waals surface area contributed by atoms with Crippen LogP contribution in [0.4, 0.5) is 0 Å². The van der Waals surface area contributed by atoms with Gasteiger partial charge in [0.25, 0.3) is 0 Å². The molecule has 0 aliphatic carbocycles. The molecular formula is C13H20BrClN2S. The average molecular weight is 352 g/mol. The SMILES string of the molecule is CCN(Cc1cc(Br)c(Cl)s1)CC1CCNCC1. The van der Waals surface area contributed by atoms with Gasteiger partial charge in [-0.3, -0.25) is 4.90 Å². The highest BCUT2D eigenvalue weighted by Gasteiger charge is 2.17. The zero-order valence-electron chi connectivity index (χ0n) is 10.7. The average Bonchev–Trinajstić information content (AvgIpc) is 2.69. The molecule has 1 aromatic heterocycles. The summed E-state index contributed by atoms with van der Waals surface area (Å²) in [6.45, 7) is 7.95. The molecule has 2 rings (SSSR count). The normalized spacial score (nSPS) is 17.6. The summed E-state index contributed by atoms with van der Waals surface area (Å²) in [5.41, 5.74) is 0. The van der Waals surface area contributed by atoms with E-state index in [-0.39, 0.29) is 0 Å². The van der Waals surface area contributed by atoms with Gasteiger partial charge in [-0.25, -0.2) is 0 Å². The minimum absolute atomic E-state index is 0.852. The molecule has 0 bridgehead atoms. The van der Waals surface area contributed by atoms with E-state index in [1.54, 1.807) is 11.3 Å². The van der Waals surface area contributed by atoms with E-state index in [1.807, 2.05) is 0 Å². The summed E-state index contributed by atoms with van der Waals surface area (Å²) in [6.07, 6.45) is 2.62. The lowest BCUT2D eigenvalue weighted by atomic mass is 9.97. The molecule has 102 valence electrons. The number of halogens is 2. The molecule has 1 aromatic rings. The minimum Gasteiger partial charge on any atom is -0.317 e. The first-order valence-electron chi connectivity index (χ1n) is 6.55. The van der Waals surface area contributed by atoms with Crippen molar-refractivity contribution in [1.29, 1.82) is 0 Å². The number of hydrogen-bond acceptors (Lipinski definition) is 3. The minimum atomic E-state index is 0.852. The van der Waals surface area contributed by atoms with Crippen LogP contribution in [0.3, 0.4) is 0 Å². The summed E-state index contributed by atoms with van der Waals surface area (Å²) in [5.74, 6) is 0.852. The van der Waals surface area contributed by atoms with Crippen LogP contribution in [-0.2, 0) is 6.54 Å². The molecule has 18 heavy (non-hydrogen) atoms. The molecule has 0 amide bonds. The van der Waals surface area contributed by atoms with E-state index >= 15 is 0 Å². The Morgan fingerprint density at radius 2 is 2.22 bits per heavy atom. The van der Waals surface area contributed by atoms with E-state index in [4.69, 9.17) is 11.6 Å². The summed E-state index contributed by atoms with van der Waals surface area (Å²) >= 11 is 11.3. The molecule has 1 fully saturated rings. The van der Waals surface area contributed by atoms with Crippen molar-refractivity contribution in [2.75, 3.05) is 26.2 Å². The zero-order valence-corrected chi connectivity index (χ0v) is 13.9. The molecule has 1 N–H and O–H groups in total. The van der Waals surface area contributed by atoms with Crippen LogP contribution in [0.1, 0.15) is 24.6 Å². The van der Waals surface area contributed by atoms with Gasteiger partial charge in [-0.2, -0.15) is 0 Å². The third-order valence-corrected chi connectivity index (χ3v) is 5.96. The lowest BCUT2D eigenvalue weighted by Crippen LogP contribution is -2.35. The Hall–Kier alpha value is 0.390. The smallest absolute Gasteiger partial charge is 0.107 e. The quantitative estimate of drug-likeness (QED) is 0.863. The van der Waals surface area contributed by atoms with Crippen LogP contribution in [0.25, 0.3) is 0 Å². The number of rotatable bonds is 5. The molecule has 5 heteroatoms. The van der Waals surface area contributed by atoms with Crippen LogP contribution < -0.4 is 5.32 Å². The third kappa shape index (κ3) is 4.20. The van der Waals surface area contributed by atoms with Gasteiger partial charge >= 0.3 is 0 Å². The molecule has 1 saturated heterocycles. The lowest BCUT2D eigenvalue weighted by Gasteiger charge is -2.29. The maximum Gasteiger partial charge on any atom is 0.107 e.